The number of benzene rings is 1. The molecule has 1 aromatic carbocycles. The summed E-state index contributed by atoms with van der Waals surface area (Å²) in [4.78, 5) is 4.30. The summed E-state index contributed by atoms with van der Waals surface area (Å²) in [6, 6.07) is 4.47. The van der Waals surface area contributed by atoms with Crippen molar-refractivity contribution < 1.29 is 13.7 Å². The molecule has 1 heterocycles. The average Bonchev–Trinajstić information content (AvgIpc) is 3.20. The standard InChI is InChI=1S/C16H20FN3O2/c1-10(2)16-19-15(22-20-16)8-18-13-6-5-12(17)7-14(13)21-9-11-3-4-11/h5-7,10-11,18H,3-4,8-9H2,1-2H3. The van der Waals surface area contributed by atoms with Crippen molar-refractivity contribution in [1.82, 2.24) is 10.1 Å². The van der Waals surface area contributed by atoms with Crippen molar-refractivity contribution >= 4 is 5.69 Å². The Morgan fingerprint density at radius 3 is 2.91 bits per heavy atom. The Labute approximate surface area is 128 Å². The van der Waals surface area contributed by atoms with Crippen LogP contribution in [0.3, 0.4) is 0 Å². The molecule has 0 saturated heterocycles. The van der Waals surface area contributed by atoms with Gasteiger partial charge in [-0.05, 0) is 30.9 Å². The number of hydrogen-bond donors (Lipinski definition) is 1. The van der Waals surface area contributed by atoms with Crippen LogP contribution < -0.4 is 10.1 Å². The Kier molecular flexibility index (Phi) is 4.27. The Hall–Kier alpha value is -2.11. The number of nitrogens with one attached hydrogen (secondary N) is 1. The number of nitrogens with zero attached hydrogens (tertiary/aromatic N) is 2. The third kappa shape index (κ3) is 3.75. The van der Waals surface area contributed by atoms with Crippen LogP contribution in [0.15, 0.2) is 22.7 Å². The zero-order valence-electron chi connectivity index (χ0n) is 12.8. The van der Waals surface area contributed by atoms with Gasteiger partial charge in [-0.1, -0.05) is 19.0 Å². The highest BCUT2D eigenvalue weighted by molar-refractivity contribution is 5.56. The molecule has 0 bridgehead atoms. The van der Waals surface area contributed by atoms with E-state index in [1.54, 1.807) is 6.07 Å². The van der Waals surface area contributed by atoms with Crippen molar-refractivity contribution in [1.29, 1.82) is 0 Å². The number of anilines is 1. The zero-order valence-corrected chi connectivity index (χ0v) is 12.8. The second-order valence-electron chi connectivity index (χ2n) is 5.95. The van der Waals surface area contributed by atoms with Gasteiger partial charge in [-0.3, -0.25) is 0 Å². The summed E-state index contributed by atoms with van der Waals surface area (Å²) in [6.45, 7) is 5.03. The molecule has 1 aromatic heterocycles. The molecule has 0 radical (unpaired) electrons. The zero-order chi connectivity index (χ0) is 15.5. The van der Waals surface area contributed by atoms with E-state index >= 15 is 0 Å². The Morgan fingerprint density at radius 1 is 1.41 bits per heavy atom. The molecular weight excluding hydrogens is 285 g/mol. The predicted octanol–water partition coefficient (Wildman–Crippen LogP) is 3.73. The number of ether oxygens (including phenoxy) is 1. The molecule has 0 atom stereocenters. The maximum Gasteiger partial charge on any atom is 0.245 e. The van der Waals surface area contributed by atoms with Gasteiger partial charge in [0.05, 0.1) is 18.8 Å². The molecule has 0 aliphatic heterocycles. The Morgan fingerprint density at radius 2 is 2.23 bits per heavy atom. The lowest BCUT2D eigenvalue weighted by Crippen LogP contribution is -2.05. The van der Waals surface area contributed by atoms with Crippen LogP contribution in [0.1, 0.15) is 44.3 Å². The van der Waals surface area contributed by atoms with Crippen LogP contribution in [-0.2, 0) is 6.54 Å². The van der Waals surface area contributed by atoms with Gasteiger partial charge in [-0.15, -0.1) is 0 Å². The highest BCUT2D eigenvalue weighted by Crippen LogP contribution is 2.32. The van der Waals surface area contributed by atoms with E-state index in [0.717, 1.165) is 5.69 Å². The summed E-state index contributed by atoms with van der Waals surface area (Å²) in [5.74, 6) is 2.23. The quantitative estimate of drug-likeness (QED) is 0.844. The van der Waals surface area contributed by atoms with Crippen molar-refractivity contribution in [2.24, 2.45) is 5.92 Å². The minimum Gasteiger partial charge on any atom is -0.491 e. The van der Waals surface area contributed by atoms with Gasteiger partial charge in [-0.25, -0.2) is 4.39 Å². The highest BCUT2D eigenvalue weighted by atomic mass is 19.1. The molecule has 5 nitrogen and oxygen atoms in total. The van der Waals surface area contributed by atoms with Gasteiger partial charge in [0.15, 0.2) is 5.82 Å². The van der Waals surface area contributed by atoms with E-state index in [9.17, 15) is 4.39 Å². The first-order valence-corrected chi connectivity index (χ1v) is 7.60. The second kappa shape index (κ2) is 6.34. The minimum absolute atomic E-state index is 0.223. The molecule has 0 unspecified atom stereocenters. The second-order valence-corrected chi connectivity index (χ2v) is 5.95. The maximum atomic E-state index is 13.4. The van der Waals surface area contributed by atoms with Crippen LogP contribution >= 0.6 is 0 Å². The molecule has 1 N–H and O–H groups in total. The van der Waals surface area contributed by atoms with Crippen molar-refractivity contribution in [2.45, 2.75) is 39.2 Å². The first-order chi connectivity index (χ1) is 10.6. The van der Waals surface area contributed by atoms with Gasteiger partial charge in [0, 0.05) is 12.0 Å². The van der Waals surface area contributed by atoms with E-state index in [4.69, 9.17) is 9.26 Å². The van der Waals surface area contributed by atoms with Crippen molar-refractivity contribution in [2.75, 3.05) is 11.9 Å². The Balaban J connectivity index is 1.64. The maximum absolute atomic E-state index is 13.4. The fourth-order valence-corrected chi connectivity index (χ4v) is 2.00. The van der Waals surface area contributed by atoms with E-state index in [1.165, 1.54) is 25.0 Å². The molecule has 6 heteroatoms. The fourth-order valence-electron chi connectivity index (χ4n) is 2.00. The molecule has 2 aromatic rings. The summed E-state index contributed by atoms with van der Waals surface area (Å²) in [6.07, 6.45) is 2.39. The molecule has 0 spiro atoms. The van der Waals surface area contributed by atoms with Crippen LogP contribution in [0.4, 0.5) is 10.1 Å². The van der Waals surface area contributed by atoms with Gasteiger partial charge in [0.2, 0.25) is 5.89 Å². The summed E-state index contributed by atoms with van der Waals surface area (Å²) < 4.78 is 24.3. The normalized spacial score (nSPS) is 14.4. The molecule has 1 fully saturated rings. The van der Waals surface area contributed by atoms with Crippen LogP contribution in [0.5, 0.6) is 5.75 Å². The molecule has 0 amide bonds. The van der Waals surface area contributed by atoms with Crippen LogP contribution in [0.2, 0.25) is 0 Å². The van der Waals surface area contributed by atoms with Gasteiger partial charge in [0.1, 0.15) is 11.6 Å². The fraction of sp³-hybridized carbons (Fsp3) is 0.500. The number of halogens is 1. The van der Waals surface area contributed by atoms with Crippen LogP contribution in [0.25, 0.3) is 0 Å². The van der Waals surface area contributed by atoms with Gasteiger partial charge in [-0.2, -0.15) is 4.98 Å². The molecule has 22 heavy (non-hydrogen) atoms. The molecular formula is C16H20FN3O2. The molecule has 1 aliphatic rings. The van der Waals surface area contributed by atoms with E-state index in [1.807, 2.05) is 13.8 Å². The number of rotatable bonds is 7. The number of aromatic nitrogens is 2. The minimum atomic E-state index is -0.309. The van der Waals surface area contributed by atoms with Crippen molar-refractivity contribution in [3.8, 4) is 5.75 Å². The van der Waals surface area contributed by atoms with Gasteiger partial charge < -0.3 is 14.6 Å². The topological polar surface area (TPSA) is 60.2 Å². The Bertz CT molecular complexity index is 638. The van der Waals surface area contributed by atoms with E-state index < -0.39 is 0 Å². The smallest absolute Gasteiger partial charge is 0.245 e. The van der Waals surface area contributed by atoms with Crippen LogP contribution in [-0.4, -0.2) is 16.7 Å². The monoisotopic (exact) mass is 305 g/mol. The summed E-state index contributed by atoms with van der Waals surface area (Å²) in [7, 11) is 0. The predicted molar refractivity (Wildman–Crippen MR) is 80.3 cm³/mol. The van der Waals surface area contributed by atoms with Gasteiger partial charge in [0.25, 0.3) is 0 Å². The van der Waals surface area contributed by atoms with Crippen molar-refractivity contribution in [3.05, 3.63) is 35.7 Å². The first kappa shape index (κ1) is 14.8. The SMILES string of the molecule is CC(C)c1noc(CNc2ccc(F)cc2OCC2CC2)n1. The molecule has 1 saturated carbocycles. The summed E-state index contributed by atoms with van der Waals surface area (Å²) >= 11 is 0. The third-order valence-corrected chi connectivity index (χ3v) is 3.55. The lowest BCUT2D eigenvalue weighted by Gasteiger charge is -2.12. The largest absolute Gasteiger partial charge is 0.491 e. The molecule has 1 aliphatic carbocycles. The highest BCUT2D eigenvalue weighted by Gasteiger charge is 2.22. The molecule has 3 rings (SSSR count). The molecule has 118 valence electrons. The summed E-state index contributed by atoms with van der Waals surface area (Å²) in [5, 5.41) is 7.08. The summed E-state index contributed by atoms with van der Waals surface area (Å²) in [5.41, 5.74) is 0.728. The average molecular weight is 305 g/mol. The lowest BCUT2D eigenvalue weighted by molar-refractivity contribution is 0.299. The lowest BCUT2D eigenvalue weighted by atomic mass is 10.2. The van der Waals surface area contributed by atoms with Crippen LogP contribution in [0, 0.1) is 11.7 Å². The van der Waals surface area contributed by atoms with E-state index in [-0.39, 0.29) is 11.7 Å². The van der Waals surface area contributed by atoms with Gasteiger partial charge >= 0.3 is 0 Å². The van der Waals surface area contributed by atoms with Crippen molar-refractivity contribution in [3.63, 3.8) is 0 Å². The number of hydrogen-bond acceptors (Lipinski definition) is 5. The van der Waals surface area contributed by atoms with E-state index in [0.29, 0.717) is 36.5 Å². The third-order valence-electron chi connectivity index (χ3n) is 3.55. The first-order valence-electron chi connectivity index (χ1n) is 7.60. The van der Waals surface area contributed by atoms with E-state index in [2.05, 4.69) is 15.5 Å².